The maximum atomic E-state index is 12.7. The van der Waals surface area contributed by atoms with E-state index >= 15 is 0 Å². The van der Waals surface area contributed by atoms with Gasteiger partial charge in [0.2, 0.25) is 0 Å². The molecule has 0 aromatic heterocycles. The van der Waals surface area contributed by atoms with E-state index in [2.05, 4.69) is 18.7 Å². The van der Waals surface area contributed by atoms with Gasteiger partial charge >= 0.3 is 5.97 Å². The average Bonchev–Trinajstić information content (AvgIpc) is 2.40. The van der Waals surface area contributed by atoms with Gasteiger partial charge in [-0.15, -0.1) is 0 Å². The number of carbonyl (C=O) groups is 1. The monoisotopic (exact) mass is 267 g/mol. The second-order valence-electron chi connectivity index (χ2n) is 4.48. The van der Waals surface area contributed by atoms with Gasteiger partial charge in [-0.25, -0.2) is 9.18 Å². The summed E-state index contributed by atoms with van der Waals surface area (Å²) in [5, 5.41) is 0. The third kappa shape index (κ3) is 5.83. The van der Waals surface area contributed by atoms with Gasteiger partial charge in [-0.2, -0.15) is 0 Å². The molecule has 0 saturated heterocycles. The fourth-order valence-corrected chi connectivity index (χ4v) is 1.90. The van der Waals surface area contributed by atoms with Gasteiger partial charge in [0.25, 0.3) is 0 Å². The Bertz CT molecular complexity index is 372. The van der Waals surface area contributed by atoms with Crippen molar-refractivity contribution in [3.05, 3.63) is 35.6 Å². The second kappa shape index (κ2) is 8.64. The van der Waals surface area contributed by atoms with Crippen molar-refractivity contribution < 1.29 is 13.9 Å². The number of hydrogen-bond acceptors (Lipinski definition) is 3. The van der Waals surface area contributed by atoms with Crippen LogP contribution in [0.15, 0.2) is 24.3 Å². The van der Waals surface area contributed by atoms with E-state index < -0.39 is 5.97 Å². The van der Waals surface area contributed by atoms with Crippen molar-refractivity contribution in [3.8, 4) is 0 Å². The lowest BCUT2D eigenvalue weighted by atomic mass is 10.2. The van der Waals surface area contributed by atoms with E-state index in [9.17, 15) is 9.18 Å². The molecule has 0 bridgehead atoms. The first-order valence-electron chi connectivity index (χ1n) is 6.82. The molecule has 0 amide bonds. The van der Waals surface area contributed by atoms with Crippen LogP contribution in [0.25, 0.3) is 0 Å². The van der Waals surface area contributed by atoms with Gasteiger partial charge in [-0.1, -0.05) is 13.8 Å². The minimum absolute atomic E-state index is 0.353. The van der Waals surface area contributed by atoms with Gasteiger partial charge in [0.05, 0.1) is 5.56 Å². The number of rotatable bonds is 8. The minimum atomic E-state index is -0.395. The molecule has 3 nitrogen and oxygen atoms in total. The zero-order valence-corrected chi connectivity index (χ0v) is 11.7. The fourth-order valence-electron chi connectivity index (χ4n) is 1.90. The summed E-state index contributed by atoms with van der Waals surface area (Å²) in [6.45, 7) is 7.41. The van der Waals surface area contributed by atoms with Gasteiger partial charge in [0, 0.05) is 6.54 Å². The topological polar surface area (TPSA) is 29.5 Å². The number of ether oxygens (including phenoxy) is 1. The molecule has 0 heterocycles. The highest BCUT2D eigenvalue weighted by molar-refractivity contribution is 5.89. The molecule has 0 saturated carbocycles. The van der Waals surface area contributed by atoms with Crippen LogP contribution in [0.2, 0.25) is 0 Å². The normalized spacial score (nSPS) is 10.7. The van der Waals surface area contributed by atoms with Crippen molar-refractivity contribution in [2.75, 3.05) is 26.2 Å². The molecule has 0 aliphatic carbocycles. The molecular weight excluding hydrogens is 245 g/mol. The predicted molar refractivity (Wildman–Crippen MR) is 73.7 cm³/mol. The van der Waals surface area contributed by atoms with Gasteiger partial charge in [0.15, 0.2) is 0 Å². The fraction of sp³-hybridized carbons (Fsp3) is 0.533. The van der Waals surface area contributed by atoms with Crippen LogP contribution in [0, 0.1) is 5.82 Å². The summed E-state index contributed by atoms with van der Waals surface area (Å²) in [7, 11) is 0. The number of hydrogen-bond donors (Lipinski definition) is 0. The van der Waals surface area contributed by atoms with Crippen molar-refractivity contribution in [2.45, 2.75) is 26.7 Å². The molecule has 0 aliphatic rings. The molecule has 1 aromatic carbocycles. The number of halogens is 1. The predicted octanol–water partition coefficient (Wildman–Crippen LogP) is 3.10. The number of nitrogens with zero attached hydrogens (tertiary/aromatic N) is 1. The third-order valence-corrected chi connectivity index (χ3v) is 2.80. The first kappa shape index (κ1) is 15.6. The Labute approximate surface area is 114 Å². The van der Waals surface area contributed by atoms with E-state index in [1.807, 2.05) is 0 Å². The molecule has 0 N–H and O–H groups in total. The van der Waals surface area contributed by atoms with Gasteiger partial charge in [0.1, 0.15) is 12.4 Å². The summed E-state index contributed by atoms with van der Waals surface area (Å²) < 4.78 is 17.9. The highest BCUT2D eigenvalue weighted by atomic mass is 19.1. The van der Waals surface area contributed by atoms with Crippen molar-refractivity contribution in [2.24, 2.45) is 0 Å². The quantitative estimate of drug-likeness (QED) is 0.678. The van der Waals surface area contributed by atoms with E-state index in [1.165, 1.54) is 24.3 Å². The summed E-state index contributed by atoms with van der Waals surface area (Å²) in [5.41, 5.74) is 0.388. The Kier molecular flexibility index (Phi) is 7.11. The SMILES string of the molecule is CCCN(CCC)CCOC(=O)c1ccc(F)cc1. The minimum Gasteiger partial charge on any atom is -0.461 e. The molecule has 0 unspecified atom stereocenters. The maximum absolute atomic E-state index is 12.7. The van der Waals surface area contributed by atoms with Crippen LogP contribution >= 0.6 is 0 Å². The largest absolute Gasteiger partial charge is 0.461 e. The van der Waals surface area contributed by atoms with Crippen LogP contribution in [-0.2, 0) is 4.74 Å². The van der Waals surface area contributed by atoms with Crippen molar-refractivity contribution in [1.82, 2.24) is 4.90 Å². The van der Waals surface area contributed by atoms with Crippen LogP contribution in [0.5, 0.6) is 0 Å². The lowest BCUT2D eigenvalue weighted by Gasteiger charge is -2.20. The molecule has 0 atom stereocenters. The summed E-state index contributed by atoms with van der Waals surface area (Å²) >= 11 is 0. The van der Waals surface area contributed by atoms with E-state index in [4.69, 9.17) is 4.74 Å². The summed E-state index contributed by atoms with van der Waals surface area (Å²) in [6, 6.07) is 5.40. The highest BCUT2D eigenvalue weighted by Crippen LogP contribution is 2.04. The first-order chi connectivity index (χ1) is 9.17. The first-order valence-corrected chi connectivity index (χ1v) is 6.82. The average molecular weight is 267 g/mol. The van der Waals surface area contributed by atoms with E-state index in [0.29, 0.717) is 12.2 Å². The Balaban J connectivity index is 2.35. The molecule has 0 radical (unpaired) electrons. The Morgan fingerprint density at radius 3 is 2.21 bits per heavy atom. The Hall–Kier alpha value is -1.42. The number of carbonyl (C=O) groups excluding carboxylic acids is 1. The molecule has 0 fully saturated rings. The van der Waals surface area contributed by atoms with E-state index in [0.717, 1.165) is 32.5 Å². The molecule has 1 rings (SSSR count). The maximum Gasteiger partial charge on any atom is 0.338 e. The van der Waals surface area contributed by atoms with Crippen LogP contribution < -0.4 is 0 Å². The van der Waals surface area contributed by atoms with Gasteiger partial charge in [-0.3, -0.25) is 4.90 Å². The molecule has 19 heavy (non-hydrogen) atoms. The molecular formula is C15H22FNO2. The van der Waals surface area contributed by atoms with Crippen LogP contribution in [-0.4, -0.2) is 37.1 Å². The molecule has 4 heteroatoms. The van der Waals surface area contributed by atoms with Gasteiger partial charge in [-0.05, 0) is 50.2 Å². The summed E-state index contributed by atoms with van der Waals surface area (Å²) in [6.07, 6.45) is 2.18. The molecule has 1 aromatic rings. The van der Waals surface area contributed by atoms with Crippen LogP contribution in [0.3, 0.4) is 0 Å². The summed E-state index contributed by atoms with van der Waals surface area (Å²) in [5.74, 6) is -0.749. The smallest absolute Gasteiger partial charge is 0.338 e. The van der Waals surface area contributed by atoms with Crippen molar-refractivity contribution in [1.29, 1.82) is 0 Å². The zero-order valence-electron chi connectivity index (χ0n) is 11.7. The lowest BCUT2D eigenvalue weighted by Crippen LogP contribution is -2.29. The third-order valence-electron chi connectivity index (χ3n) is 2.80. The van der Waals surface area contributed by atoms with E-state index in [-0.39, 0.29) is 5.82 Å². The highest BCUT2D eigenvalue weighted by Gasteiger charge is 2.08. The van der Waals surface area contributed by atoms with Crippen molar-refractivity contribution in [3.63, 3.8) is 0 Å². The molecule has 106 valence electrons. The number of benzene rings is 1. The second-order valence-corrected chi connectivity index (χ2v) is 4.48. The Morgan fingerprint density at radius 2 is 1.68 bits per heavy atom. The molecule has 0 aliphatic heterocycles. The number of esters is 1. The van der Waals surface area contributed by atoms with Gasteiger partial charge < -0.3 is 4.74 Å². The van der Waals surface area contributed by atoms with E-state index in [1.54, 1.807) is 0 Å². The van der Waals surface area contributed by atoms with Crippen molar-refractivity contribution >= 4 is 5.97 Å². The zero-order chi connectivity index (χ0) is 14.1. The lowest BCUT2D eigenvalue weighted by molar-refractivity contribution is 0.0462. The molecule has 0 spiro atoms. The van der Waals surface area contributed by atoms with Crippen LogP contribution in [0.4, 0.5) is 4.39 Å². The standard InChI is InChI=1S/C15H22FNO2/c1-3-9-17(10-4-2)11-12-19-15(18)13-5-7-14(16)8-6-13/h5-8H,3-4,9-12H2,1-2H3. The summed E-state index contributed by atoms with van der Waals surface area (Å²) in [4.78, 5) is 14.0. The Morgan fingerprint density at radius 1 is 1.11 bits per heavy atom. The van der Waals surface area contributed by atoms with Crippen LogP contribution in [0.1, 0.15) is 37.0 Å².